The van der Waals surface area contributed by atoms with E-state index in [1.54, 1.807) is 0 Å². The fourth-order valence-corrected chi connectivity index (χ4v) is 2.96. The van der Waals surface area contributed by atoms with Crippen molar-refractivity contribution in [2.45, 2.75) is 110 Å². The lowest BCUT2D eigenvalue weighted by atomic mass is 10.0. The van der Waals surface area contributed by atoms with Crippen molar-refractivity contribution in [3.05, 3.63) is 0 Å². The van der Waals surface area contributed by atoms with E-state index in [0.29, 0.717) is 6.61 Å². The second kappa shape index (κ2) is 20.1. The van der Waals surface area contributed by atoms with Gasteiger partial charge in [0.05, 0.1) is 6.61 Å². The van der Waals surface area contributed by atoms with Crippen molar-refractivity contribution in [2.24, 2.45) is 0 Å². The highest BCUT2D eigenvalue weighted by molar-refractivity contribution is 7.17. The average molecular weight is 316 g/mol. The standard InChI is InChI=1S/C18H37O2P/c1-2-3-4-5-6-7-8-9-10-11-12-13-14-15-16-17-18-20-21-19/h2-18H2,1H3. The minimum absolute atomic E-state index is 0.171. The summed E-state index contributed by atoms with van der Waals surface area (Å²) >= 11 is 0. The predicted octanol–water partition coefficient (Wildman–Crippen LogP) is 7.47. The summed E-state index contributed by atoms with van der Waals surface area (Å²) in [6.45, 7) is 2.92. The Morgan fingerprint density at radius 3 is 1.24 bits per heavy atom. The van der Waals surface area contributed by atoms with Crippen LogP contribution in [0.15, 0.2) is 0 Å². The Labute approximate surface area is 134 Å². The molecule has 21 heavy (non-hydrogen) atoms. The summed E-state index contributed by atoms with van der Waals surface area (Å²) < 4.78 is 14.8. The zero-order chi connectivity index (χ0) is 15.4. The Morgan fingerprint density at radius 2 is 0.905 bits per heavy atom. The molecule has 126 valence electrons. The van der Waals surface area contributed by atoms with Crippen LogP contribution in [0.3, 0.4) is 0 Å². The molecule has 0 aliphatic heterocycles. The molecule has 0 aliphatic carbocycles. The molecule has 0 bridgehead atoms. The normalized spacial score (nSPS) is 11.3. The average Bonchev–Trinajstić information content (AvgIpc) is 2.50. The maximum Gasteiger partial charge on any atom is 0.327 e. The first-order valence-corrected chi connectivity index (χ1v) is 10.1. The lowest BCUT2D eigenvalue weighted by Gasteiger charge is -2.03. The number of unbranched alkanes of at least 4 members (excludes halogenated alkanes) is 15. The molecule has 0 saturated heterocycles. The van der Waals surface area contributed by atoms with Gasteiger partial charge in [0.25, 0.3) is 0 Å². The van der Waals surface area contributed by atoms with E-state index in [2.05, 4.69) is 6.92 Å². The third kappa shape index (κ3) is 20.1. The van der Waals surface area contributed by atoms with Gasteiger partial charge >= 0.3 is 8.69 Å². The second-order valence-corrected chi connectivity index (χ2v) is 6.62. The van der Waals surface area contributed by atoms with E-state index in [4.69, 9.17) is 4.52 Å². The molecule has 0 aromatic rings. The second-order valence-electron chi connectivity index (χ2n) is 6.21. The molecule has 0 aliphatic rings. The van der Waals surface area contributed by atoms with Crippen molar-refractivity contribution in [1.82, 2.24) is 0 Å². The van der Waals surface area contributed by atoms with E-state index >= 15 is 0 Å². The van der Waals surface area contributed by atoms with Crippen LogP contribution in [0.4, 0.5) is 0 Å². The van der Waals surface area contributed by atoms with Crippen LogP contribution in [-0.2, 0) is 9.09 Å². The van der Waals surface area contributed by atoms with Crippen molar-refractivity contribution in [3.8, 4) is 0 Å². The Kier molecular flexibility index (Phi) is 20.1. The monoisotopic (exact) mass is 316 g/mol. The quantitative estimate of drug-likeness (QED) is 0.193. The van der Waals surface area contributed by atoms with Gasteiger partial charge in [-0.15, -0.1) is 0 Å². The van der Waals surface area contributed by atoms with Crippen LogP contribution in [0.5, 0.6) is 0 Å². The zero-order valence-corrected chi connectivity index (χ0v) is 15.2. The minimum Gasteiger partial charge on any atom is -0.294 e. The van der Waals surface area contributed by atoms with Crippen LogP contribution in [-0.4, -0.2) is 6.61 Å². The highest BCUT2D eigenvalue weighted by Crippen LogP contribution is 2.13. The van der Waals surface area contributed by atoms with E-state index in [1.165, 1.54) is 96.3 Å². The third-order valence-corrected chi connectivity index (χ3v) is 4.43. The van der Waals surface area contributed by atoms with E-state index in [1.807, 2.05) is 0 Å². The first-order chi connectivity index (χ1) is 10.4. The van der Waals surface area contributed by atoms with E-state index in [0.717, 1.165) is 6.42 Å². The van der Waals surface area contributed by atoms with E-state index in [-0.39, 0.29) is 8.69 Å². The molecule has 0 N–H and O–H groups in total. The fraction of sp³-hybridized carbons (Fsp3) is 1.00. The molecule has 3 heteroatoms. The largest absolute Gasteiger partial charge is 0.327 e. The first kappa shape index (κ1) is 21.1. The molecular weight excluding hydrogens is 279 g/mol. The Hall–Kier alpha value is 0.0600. The van der Waals surface area contributed by atoms with Crippen molar-refractivity contribution < 1.29 is 9.09 Å². The van der Waals surface area contributed by atoms with Crippen molar-refractivity contribution in [2.75, 3.05) is 6.61 Å². The van der Waals surface area contributed by atoms with Crippen LogP contribution in [0.2, 0.25) is 0 Å². The summed E-state index contributed by atoms with van der Waals surface area (Å²) in [5, 5.41) is 0. The molecule has 0 rings (SSSR count). The summed E-state index contributed by atoms with van der Waals surface area (Å²) in [7, 11) is -0.171. The van der Waals surface area contributed by atoms with Gasteiger partial charge in [0, 0.05) is 0 Å². The van der Waals surface area contributed by atoms with Crippen LogP contribution in [0, 0.1) is 0 Å². The Balaban J connectivity index is 2.91. The van der Waals surface area contributed by atoms with Gasteiger partial charge in [-0.1, -0.05) is 103 Å². The van der Waals surface area contributed by atoms with Crippen LogP contribution in [0.25, 0.3) is 0 Å². The SMILES string of the molecule is CCCCCCCCCCCCCCCCCCOP=O. The van der Waals surface area contributed by atoms with Crippen LogP contribution < -0.4 is 0 Å². The summed E-state index contributed by atoms with van der Waals surface area (Å²) in [6.07, 6.45) is 22.0. The van der Waals surface area contributed by atoms with Gasteiger partial charge < -0.3 is 0 Å². The number of rotatable bonds is 18. The van der Waals surface area contributed by atoms with Crippen LogP contribution >= 0.6 is 8.69 Å². The van der Waals surface area contributed by atoms with Gasteiger partial charge in [-0.25, -0.2) is 4.57 Å². The van der Waals surface area contributed by atoms with Gasteiger partial charge in [0.15, 0.2) is 0 Å². The molecule has 0 saturated carbocycles. The maximum atomic E-state index is 10.0. The zero-order valence-electron chi connectivity index (χ0n) is 14.3. The van der Waals surface area contributed by atoms with Crippen LogP contribution in [0.1, 0.15) is 110 Å². The number of hydrogen-bond acceptors (Lipinski definition) is 2. The summed E-state index contributed by atoms with van der Waals surface area (Å²) in [5.74, 6) is 0. The molecule has 0 aromatic carbocycles. The van der Waals surface area contributed by atoms with Gasteiger partial charge in [0.2, 0.25) is 0 Å². The smallest absolute Gasteiger partial charge is 0.294 e. The topological polar surface area (TPSA) is 26.3 Å². The summed E-state index contributed by atoms with van der Waals surface area (Å²) in [6, 6.07) is 0. The Morgan fingerprint density at radius 1 is 0.571 bits per heavy atom. The molecule has 0 heterocycles. The highest BCUT2D eigenvalue weighted by atomic mass is 31.1. The highest BCUT2D eigenvalue weighted by Gasteiger charge is 1.94. The molecule has 0 aromatic heterocycles. The Bertz CT molecular complexity index is 198. The lowest BCUT2D eigenvalue weighted by Crippen LogP contribution is -1.86. The number of hydrogen-bond donors (Lipinski definition) is 0. The molecule has 0 radical (unpaired) electrons. The lowest BCUT2D eigenvalue weighted by molar-refractivity contribution is 0.328. The molecule has 0 fully saturated rings. The van der Waals surface area contributed by atoms with Gasteiger partial charge in [-0.3, -0.25) is 4.52 Å². The first-order valence-electron chi connectivity index (χ1n) is 9.36. The van der Waals surface area contributed by atoms with Crippen molar-refractivity contribution >= 4 is 8.69 Å². The molecule has 0 spiro atoms. The van der Waals surface area contributed by atoms with E-state index < -0.39 is 0 Å². The van der Waals surface area contributed by atoms with Crippen molar-refractivity contribution in [1.29, 1.82) is 0 Å². The molecule has 0 amide bonds. The minimum atomic E-state index is -0.171. The van der Waals surface area contributed by atoms with Gasteiger partial charge in [-0.05, 0) is 6.42 Å². The van der Waals surface area contributed by atoms with Gasteiger partial charge in [0.1, 0.15) is 0 Å². The summed E-state index contributed by atoms with van der Waals surface area (Å²) in [4.78, 5) is 0. The third-order valence-electron chi connectivity index (χ3n) is 4.14. The fourth-order valence-electron chi connectivity index (χ4n) is 2.75. The van der Waals surface area contributed by atoms with E-state index in [9.17, 15) is 4.57 Å². The van der Waals surface area contributed by atoms with Crippen molar-refractivity contribution in [3.63, 3.8) is 0 Å². The summed E-state index contributed by atoms with van der Waals surface area (Å²) in [5.41, 5.74) is 0. The maximum absolute atomic E-state index is 10.0. The predicted molar refractivity (Wildman–Crippen MR) is 93.1 cm³/mol. The van der Waals surface area contributed by atoms with Gasteiger partial charge in [-0.2, -0.15) is 0 Å². The molecule has 2 nitrogen and oxygen atoms in total. The molecule has 0 unspecified atom stereocenters. The molecular formula is C18H37O2P. The molecule has 0 atom stereocenters.